The van der Waals surface area contributed by atoms with E-state index in [0.29, 0.717) is 18.2 Å². The number of amides is 1. The molecule has 0 unspecified atom stereocenters. The first-order chi connectivity index (χ1) is 12.6. The average Bonchev–Trinajstić information content (AvgIpc) is 2.65. The normalized spacial score (nSPS) is 15.2. The van der Waals surface area contributed by atoms with Crippen molar-refractivity contribution in [3.8, 4) is 5.75 Å². The van der Waals surface area contributed by atoms with Crippen molar-refractivity contribution < 1.29 is 14.3 Å². The highest BCUT2D eigenvalue weighted by Crippen LogP contribution is 2.25. The number of methoxy groups -OCH3 is 1. The number of carbonyl (C=O) groups is 1. The van der Waals surface area contributed by atoms with Gasteiger partial charge in [-0.25, -0.2) is 4.98 Å². The van der Waals surface area contributed by atoms with E-state index < -0.39 is 0 Å². The van der Waals surface area contributed by atoms with Crippen LogP contribution in [0.2, 0.25) is 5.15 Å². The topological polar surface area (TPSA) is 54.9 Å². The first kappa shape index (κ1) is 18.9. The summed E-state index contributed by atoms with van der Waals surface area (Å²) in [6.45, 7) is 6.83. The van der Waals surface area contributed by atoms with E-state index in [1.54, 1.807) is 14.0 Å². The SMILES string of the molecule is COc1ccc2nc(Cl)c(CN(CCN3CCOCC3)C(C)=O)cc2c1. The maximum Gasteiger partial charge on any atom is 0.219 e. The molecule has 6 nitrogen and oxygen atoms in total. The van der Waals surface area contributed by atoms with Gasteiger partial charge in [-0.3, -0.25) is 9.69 Å². The van der Waals surface area contributed by atoms with Crippen LogP contribution in [0, 0.1) is 0 Å². The molecule has 1 amide bonds. The monoisotopic (exact) mass is 377 g/mol. The summed E-state index contributed by atoms with van der Waals surface area (Å²) in [4.78, 5) is 20.7. The summed E-state index contributed by atoms with van der Waals surface area (Å²) in [5.74, 6) is 0.795. The van der Waals surface area contributed by atoms with Crippen LogP contribution < -0.4 is 4.74 Å². The van der Waals surface area contributed by atoms with Gasteiger partial charge in [0, 0.05) is 50.6 Å². The second-order valence-corrected chi connectivity index (χ2v) is 6.75. The van der Waals surface area contributed by atoms with Gasteiger partial charge in [0.15, 0.2) is 0 Å². The number of fused-ring (bicyclic) bond motifs is 1. The maximum atomic E-state index is 12.1. The minimum absolute atomic E-state index is 0.0278. The number of hydrogen-bond donors (Lipinski definition) is 0. The zero-order chi connectivity index (χ0) is 18.5. The molecule has 0 spiro atoms. The molecule has 0 saturated carbocycles. The molecule has 1 aliphatic heterocycles. The molecule has 0 N–H and O–H groups in total. The Bertz CT molecular complexity index is 778. The Morgan fingerprint density at radius 2 is 2.12 bits per heavy atom. The lowest BCUT2D eigenvalue weighted by molar-refractivity contribution is -0.129. The fourth-order valence-electron chi connectivity index (χ4n) is 3.05. The number of benzene rings is 1. The molecule has 1 aliphatic rings. The summed E-state index contributed by atoms with van der Waals surface area (Å²) in [5, 5.41) is 1.38. The predicted molar refractivity (Wildman–Crippen MR) is 102 cm³/mol. The van der Waals surface area contributed by atoms with Crippen LogP contribution in [0.15, 0.2) is 24.3 Å². The van der Waals surface area contributed by atoms with Crippen molar-refractivity contribution >= 4 is 28.4 Å². The fraction of sp³-hybridized carbons (Fsp3) is 0.474. The molecule has 2 aromatic rings. The summed E-state index contributed by atoms with van der Waals surface area (Å²) in [6.07, 6.45) is 0. The first-order valence-corrected chi connectivity index (χ1v) is 9.13. The van der Waals surface area contributed by atoms with Gasteiger partial charge in [-0.2, -0.15) is 0 Å². The van der Waals surface area contributed by atoms with Crippen LogP contribution in [0.25, 0.3) is 10.9 Å². The Balaban J connectivity index is 1.74. The number of aromatic nitrogens is 1. The number of nitrogens with zero attached hydrogens (tertiary/aromatic N) is 3. The summed E-state index contributed by atoms with van der Waals surface area (Å²) in [5.41, 5.74) is 1.65. The molecule has 1 aromatic carbocycles. The summed E-state index contributed by atoms with van der Waals surface area (Å²) in [7, 11) is 1.63. The van der Waals surface area contributed by atoms with Gasteiger partial charge in [-0.1, -0.05) is 11.6 Å². The van der Waals surface area contributed by atoms with Crippen molar-refractivity contribution in [2.24, 2.45) is 0 Å². The Hall–Kier alpha value is -1.89. The number of halogens is 1. The van der Waals surface area contributed by atoms with Crippen LogP contribution in [0.3, 0.4) is 0 Å². The van der Waals surface area contributed by atoms with Crippen LogP contribution in [0.1, 0.15) is 12.5 Å². The highest BCUT2D eigenvalue weighted by molar-refractivity contribution is 6.30. The standard InChI is InChI=1S/C19H24ClN3O3/c1-14(24)23(6-5-22-7-9-26-10-8-22)13-16-11-15-12-17(25-2)3-4-18(15)21-19(16)20/h3-4,11-12H,5-10,13H2,1-2H3. The van der Waals surface area contributed by atoms with E-state index in [1.165, 1.54) is 0 Å². The van der Waals surface area contributed by atoms with Gasteiger partial charge in [0.2, 0.25) is 5.91 Å². The Kier molecular flexibility index (Phi) is 6.29. The van der Waals surface area contributed by atoms with E-state index in [1.807, 2.05) is 29.2 Å². The second-order valence-electron chi connectivity index (χ2n) is 6.39. The zero-order valence-corrected chi connectivity index (χ0v) is 16.0. The molecule has 1 saturated heterocycles. The predicted octanol–water partition coefficient (Wildman–Crippen LogP) is 2.58. The quantitative estimate of drug-likeness (QED) is 0.724. The third-order valence-electron chi connectivity index (χ3n) is 4.64. The van der Waals surface area contributed by atoms with E-state index in [4.69, 9.17) is 21.1 Å². The zero-order valence-electron chi connectivity index (χ0n) is 15.2. The minimum Gasteiger partial charge on any atom is -0.497 e. The molecule has 3 rings (SSSR count). The summed E-state index contributed by atoms with van der Waals surface area (Å²) >= 11 is 6.37. The van der Waals surface area contributed by atoms with Crippen molar-refractivity contribution in [2.75, 3.05) is 46.5 Å². The molecule has 7 heteroatoms. The van der Waals surface area contributed by atoms with E-state index in [2.05, 4.69) is 9.88 Å². The lowest BCUT2D eigenvalue weighted by Gasteiger charge is -2.29. The van der Waals surface area contributed by atoms with Gasteiger partial charge in [0.05, 0.1) is 25.8 Å². The van der Waals surface area contributed by atoms with E-state index >= 15 is 0 Å². The van der Waals surface area contributed by atoms with Crippen molar-refractivity contribution in [1.29, 1.82) is 0 Å². The third-order valence-corrected chi connectivity index (χ3v) is 4.97. The van der Waals surface area contributed by atoms with Crippen LogP contribution in [0.5, 0.6) is 5.75 Å². The molecule has 1 fully saturated rings. The van der Waals surface area contributed by atoms with Gasteiger partial charge >= 0.3 is 0 Å². The van der Waals surface area contributed by atoms with E-state index in [0.717, 1.165) is 55.1 Å². The van der Waals surface area contributed by atoms with Crippen LogP contribution in [-0.2, 0) is 16.1 Å². The third kappa shape index (κ3) is 4.63. The van der Waals surface area contributed by atoms with Crippen LogP contribution in [-0.4, -0.2) is 67.2 Å². The molecule has 1 aromatic heterocycles. The van der Waals surface area contributed by atoms with Crippen molar-refractivity contribution in [1.82, 2.24) is 14.8 Å². The van der Waals surface area contributed by atoms with Gasteiger partial charge in [-0.15, -0.1) is 0 Å². The smallest absolute Gasteiger partial charge is 0.219 e. The largest absolute Gasteiger partial charge is 0.497 e. The first-order valence-electron chi connectivity index (χ1n) is 8.75. The number of carbonyl (C=O) groups excluding carboxylic acids is 1. The average molecular weight is 378 g/mol. The minimum atomic E-state index is 0.0278. The molecule has 0 radical (unpaired) electrons. The van der Waals surface area contributed by atoms with Gasteiger partial charge in [0.25, 0.3) is 0 Å². The highest BCUT2D eigenvalue weighted by atomic mass is 35.5. The van der Waals surface area contributed by atoms with E-state index in [-0.39, 0.29) is 5.91 Å². The van der Waals surface area contributed by atoms with Crippen LogP contribution >= 0.6 is 11.6 Å². The van der Waals surface area contributed by atoms with Crippen LogP contribution in [0.4, 0.5) is 0 Å². The maximum absolute atomic E-state index is 12.1. The number of hydrogen-bond acceptors (Lipinski definition) is 5. The lowest BCUT2D eigenvalue weighted by atomic mass is 10.1. The fourth-order valence-corrected chi connectivity index (χ4v) is 3.26. The number of ether oxygens (including phenoxy) is 2. The number of rotatable bonds is 6. The summed E-state index contributed by atoms with van der Waals surface area (Å²) in [6, 6.07) is 7.65. The molecule has 0 bridgehead atoms. The highest BCUT2D eigenvalue weighted by Gasteiger charge is 2.16. The molecule has 2 heterocycles. The molecule has 140 valence electrons. The Morgan fingerprint density at radius 3 is 2.81 bits per heavy atom. The van der Waals surface area contributed by atoms with Gasteiger partial charge in [0.1, 0.15) is 10.9 Å². The van der Waals surface area contributed by atoms with Crippen molar-refractivity contribution in [2.45, 2.75) is 13.5 Å². The Labute approximate surface area is 158 Å². The van der Waals surface area contributed by atoms with Crippen molar-refractivity contribution in [3.63, 3.8) is 0 Å². The van der Waals surface area contributed by atoms with E-state index in [9.17, 15) is 4.79 Å². The second kappa shape index (κ2) is 8.66. The molecule has 0 atom stereocenters. The Morgan fingerprint density at radius 1 is 1.35 bits per heavy atom. The number of morpholine rings is 1. The molecule has 0 aliphatic carbocycles. The lowest BCUT2D eigenvalue weighted by Crippen LogP contribution is -2.42. The van der Waals surface area contributed by atoms with Gasteiger partial charge in [-0.05, 0) is 24.3 Å². The van der Waals surface area contributed by atoms with Crippen molar-refractivity contribution in [3.05, 3.63) is 35.0 Å². The summed E-state index contributed by atoms with van der Waals surface area (Å²) < 4.78 is 10.6. The molecule has 26 heavy (non-hydrogen) atoms. The molecular formula is C19H24ClN3O3. The number of pyridine rings is 1. The molecular weight excluding hydrogens is 354 g/mol. The van der Waals surface area contributed by atoms with Gasteiger partial charge < -0.3 is 14.4 Å².